The molecule has 0 bridgehead atoms. The number of pyridine rings is 1. The fourth-order valence-electron chi connectivity index (χ4n) is 6.12. The van der Waals surface area contributed by atoms with Gasteiger partial charge in [-0.15, -0.1) is 0 Å². The minimum Gasteiger partial charge on any atom is -0.494 e. The molecule has 9 heteroatoms. The molecule has 0 radical (unpaired) electrons. The fourth-order valence-corrected chi connectivity index (χ4v) is 6.53. The number of halogens is 2. The van der Waals surface area contributed by atoms with Gasteiger partial charge in [0.1, 0.15) is 5.75 Å². The van der Waals surface area contributed by atoms with Crippen LogP contribution in [0.5, 0.6) is 5.75 Å². The second-order valence-corrected chi connectivity index (χ2v) is 14.2. The van der Waals surface area contributed by atoms with E-state index in [1.807, 2.05) is 42.5 Å². The molecule has 1 saturated heterocycles. The third-order valence-corrected chi connectivity index (χ3v) is 10.0. The molecule has 2 heterocycles. The number of piperazine rings is 1. The van der Waals surface area contributed by atoms with Crippen molar-refractivity contribution < 1.29 is 14.3 Å². The van der Waals surface area contributed by atoms with Gasteiger partial charge in [0.2, 0.25) is 0 Å². The maximum atomic E-state index is 12.8. The SMILES string of the molecule is CC/C=C\C/C=C\C/C=C\C/C=C\C/C=C\C/C=C\CCC(=O)OCn1c(=O)ccc2ccc(OCCCCN3CCN(c4cccc(Cl)c4Cl)CC3)cc21. The normalized spacial score (nSPS) is 14.3. The molecule has 4 rings (SSSR count). The van der Waals surface area contributed by atoms with Gasteiger partial charge >= 0.3 is 5.97 Å². The van der Waals surface area contributed by atoms with Gasteiger partial charge in [0.15, 0.2) is 6.73 Å². The van der Waals surface area contributed by atoms with Gasteiger partial charge in [0.25, 0.3) is 5.56 Å². The van der Waals surface area contributed by atoms with Gasteiger partial charge in [-0.1, -0.05) is 109 Å². The zero-order valence-electron chi connectivity index (χ0n) is 32.3. The van der Waals surface area contributed by atoms with Crippen molar-refractivity contribution in [3.63, 3.8) is 0 Å². The molecule has 0 amide bonds. The molecule has 0 N–H and O–H groups in total. The summed E-state index contributed by atoms with van der Waals surface area (Å²) in [6.07, 6.45) is 34.4. The summed E-state index contributed by atoms with van der Waals surface area (Å²) >= 11 is 12.6. The van der Waals surface area contributed by atoms with E-state index in [1.54, 1.807) is 6.07 Å². The number of esters is 1. The summed E-state index contributed by atoms with van der Waals surface area (Å²) in [7, 11) is 0. The van der Waals surface area contributed by atoms with Crippen LogP contribution in [0, 0.1) is 0 Å². The predicted octanol–water partition coefficient (Wildman–Crippen LogP) is 11.3. The van der Waals surface area contributed by atoms with E-state index >= 15 is 0 Å². The minimum absolute atomic E-state index is 0.140. The van der Waals surface area contributed by atoms with Crippen molar-refractivity contribution in [2.45, 2.75) is 77.9 Å². The zero-order chi connectivity index (χ0) is 38.9. The van der Waals surface area contributed by atoms with Gasteiger partial charge in [-0.2, -0.15) is 0 Å². The van der Waals surface area contributed by atoms with Crippen molar-refractivity contribution in [3.05, 3.63) is 142 Å². The van der Waals surface area contributed by atoms with Gasteiger partial charge in [-0.25, -0.2) is 0 Å². The Morgan fingerprint density at radius 2 is 1.36 bits per heavy atom. The van der Waals surface area contributed by atoms with E-state index in [2.05, 4.69) is 83.6 Å². The summed E-state index contributed by atoms with van der Waals surface area (Å²) < 4.78 is 13.1. The molecule has 1 aromatic heterocycles. The highest BCUT2D eigenvalue weighted by Gasteiger charge is 2.19. The van der Waals surface area contributed by atoms with E-state index in [9.17, 15) is 9.59 Å². The summed E-state index contributed by atoms with van der Waals surface area (Å²) in [4.78, 5) is 30.0. The topological polar surface area (TPSA) is 64.0 Å². The summed E-state index contributed by atoms with van der Waals surface area (Å²) in [6, 6.07) is 14.7. The first-order valence-corrected chi connectivity index (χ1v) is 20.4. The number of carbonyl (C=O) groups excluding carboxylic acids is 1. The summed E-state index contributed by atoms with van der Waals surface area (Å²) in [5, 5.41) is 2.08. The van der Waals surface area contributed by atoms with Crippen molar-refractivity contribution >= 4 is 45.8 Å². The first-order valence-electron chi connectivity index (χ1n) is 19.7. The molecule has 1 aliphatic heterocycles. The first kappa shape index (κ1) is 43.4. The first-order chi connectivity index (χ1) is 27.0. The lowest BCUT2D eigenvalue weighted by Crippen LogP contribution is -2.46. The number of hydrogen-bond acceptors (Lipinski definition) is 6. The largest absolute Gasteiger partial charge is 0.494 e. The van der Waals surface area contributed by atoms with Crippen LogP contribution >= 0.6 is 23.2 Å². The molecular formula is C46H57Cl2N3O4. The highest BCUT2D eigenvalue weighted by molar-refractivity contribution is 6.43. The van der Waals surface area contributed by atoms with Gasteiger partial charge in [0, 0.05) is 44.7 Å². The van der Waals surface area contributed by atoms with Crippen LogP contribution in [-0.4, -0.2) is 54.8 Å². The van der Waals surface area contributed by atoms with Crippen LogP contribution in [0.15, 0.2) is 126 Å². The van der Waals surface area contributed by atoms with Crippen LogP contribution in [0.4, 0.5) is 5.69 Å². The Bertz CT molecular complexity index is 1850. The summed E-state index contributed by atoms with van der Waals surface area (Å²) in [5.41, 5.74) is 1.44. The Morgan fingerprint density at radius 1 is 0.745 bits per heavy atom. The molecule has 55 heavy (non-hydrogen) atoms. The molecule has 0 atom stereocenters. The number of nitrogens with zero attached hydrogens (tertiary/aromatic N) is 3. The smallest absolute Gasteiger partial charge is 0.307 e. The molecule has 1 fully saturated rings. The van der Waals surface area contributed by atoms with E-state index < -0.39 is 0 Å². The van der Waals surface area contributed by atoms with Gasteiger partial charge < -0.3 is 14.4 Å². The molecule has 1 aliphatic rings. The molecule has 2 aromatic carbocycles. The van der Waals surface area contributed by atoms with Crippen LogP contribution in [0.3, 0.4) is 0 Å². The Hall–Kier alpha value is -4.30. The summed E-state index contributed by atoms with van der Waals surface area (Å²) in [6.45, 7) is 7.35. The van der Waals surface area contributed by atoms with Gasteiger partial charge in [-0.05, 0) is 100 Å². The predicted molar refractivity (Wildman–Crippen MR) is 232 cm³/mol. The Labute approximate surface area is 337 Å². The highest BCUT2D eigenvalue weighted by atomic mass is 35.5. The van der Waals surface area contributed by atoms with Crippen molar-refractivity contribution in [2.75, 3.05) is 44.2 Å². The molecule has 0 spiro atoms. The average molecular weight is 787 g/mol. The standard InChI is InChI=1S/C46H57Cl2N3O4/c1-2-3-4-5-6-7-8-9-10-11-12-13-14-15-16-17-18-19-20-26-45(53)55-38-51-43-37-40(29-27-39(43)28-30-44(51)52)54-36-22-21-31-49-32-34-50(35-33-49)42-25-23-24-41(47)46(42)48/h3-4,6-7,9-10,12-13,15-16,18-19,23-25,27-30,37H,2,5,8,11,14,17,20-22,26,31-36,38H2,1H3/b4-3-,7-6-,10-9-,13-12-,16-15-,19-18-. The fraction of sp³-hybridized carbons (Fsp3) is 0.391. The Kier molecular flexibility index (Phi) is 20.3. The lowest BCUT2D eigenvalue weighted by Gasteiger charge is -2.36. The molecular weight excluding hydrogens is 729 g/mol. The molecule has 294 valence electrons. The van der Waals surface area contributed by atoms with E-state index in [1.165, 1.54) is 10.6 Å². The number of rotatable bonds is 23. The monoisotopic (exact) mass is 785 g/mol. The maximum Gasteiger partial charge on any atom is 0.307 e. The lowest BCUT2D eigenvalue weighted by atomic mass is 10.2. The third-order valence-electron chi connectivity index (χ3n) is 9.21. The van der Waals surface area contributed by atoms with Gasteiger partial charge in [-0.3, -0.25) is 19.1 Å². The molecule has 0 unspecified atom stereocenters. The number of allylic oxidation sites excluding steroid dienone is 12. The van der Waals surface area contributed by atoms with Crippen LogP contribution in [0.2, 0.25) is 10.0 Å². The summed E-state index contributed by atoms with van der Waals surface area (Å²) in [5.74, 6) is 0.341. The van der Waals surface area contributed by atoms with Gasteiger partial charge in [0.05, 0.1) is 27.9 Å². The number of benzene rings is 2. The quantitative estimate of drug-likeness (QED) is 0.0542. The Morgan fingerprint density at radius 3 is 2.02 bits per heavy atom. The zero-order valence-corrected chi connectivity index (χ0v) is 33.8. The van der Waals surface area contributed by atoms with E-state index in [-0.39, 0.29) is 24.7 Å². The van der Waals surface area contributed by atoms with Crippen molar-refractivity contribution in [3.8, 4) is 5.75 Å². The van der Waals surface area contributed by atoms with Crippen molar-refractivity contribution in [1.29, 1.82) is 0 Å². The average Bonchev–Trinajstić information content (AvgIpc) is 3.19. The number of hydrogen-bond donors (Lipinski definition) is 0. The highest BCUT2D eigenvalue weighted by Crippen LogP contribution is 2.33. The number of aromatic nitrogens is 1. The minimum atomic E-state index is -0.342. The van der Waals surface area contributed by atoms with Crippen molar-refractivity contribution in [1.82, 2.24) is 9.47 Å². The number of carbonyl (C=O) groups is 1. The second-order valence-electron chi connectivity index (χ2n) is 13.4. The number of anilines is 1. The molecule has 3 aromatic rings. The maximum absolute atomic E-state index is 12.8. The number of unbranched alkanes of at least 4 members (excludes halogenated alkanes) is 1. The number of fused-ring (bicyclic) bond motifs is 1. The third kappa shape index (κ3) is 16.1. The van der Waals surface area contributed by atoms with Crippen molar-refractivity contribution in [2.24, 2.45) is 0 Å². The van der Waals surface area contributed by atoms with Crippen LogP contribution < -0.4 is 15.2 Å². The van der Waals surface area contributed by atoms with E-state index in [0.29, 0.717) is 34.3 Å². The molecule has 7 nitrogen and oxygen atoms in total. The van der Waals surface area contributed by atoms with E-state index in [4.69, 9.17) is 32.7 Å². The number of ether oxygens (including phenoxy) is 2. The molecule has 0 saturated carbocycles. The van der Waals surface area contributed by atoms with Crippen LogP contribution in [0.25, 0.3) is 10.9 Å². The van der Waals surface area contributed by atoms with Crippen LogP contribution in [-0.2, 0) is 16.3 Å². The lowest BCUT2D eigenvalue weighted by molar-refractivity contribution is -0.147. The molecule has 0 aliphatic carbocycles. The Balaban J connectivity index is 1.08. The van der Waals surface area contributed by atoms with Crippen LogP contribution in [0.1, 0.15) is 71.1 Å². The van der Waals surface area contributed by atoms with E-state index in [0.717, 1.165) is 95.2 Å². The second kappa shape index (κ2) is 25.7.